The van der Waals surface area contributed by atoms with Gasteiger partial charge in [-0.3, -0.25) is 14.4 Å². The Morgan fingerprint density at radius 2 is 1.58 bits per heavy atom. The zero-order chi connectivity index (χ0) is 17.1. The highest BCUT2D eigenvalue weighted by molar-refractivity contribution is 7.12. The molecular weight excluding hydrogens is 326 g/mol. The maximum Gasteiger partial charge on any atom is 0.264 e. The fraction of sp³-hybridized carbons (Fsp3) is 0.588. The Kier molecular flexibility index (Phi) is 5.18. The maximum absolute atomic E-state index is 12.7. The number of hydrogen-bond acceptors (Lipinski definition) is 4. The summed E-state index contributed by atoms with van der Waals surface area (Å²) in [5, 5.41) is 1.90. The van der Waals surface area contributed by atoms with Crippen LogP contribution in [0.4, 0.5) is 0 Å². The lowest BCUT2D eigenvalue weighted by Gasteiger charge is -2.38. The Bertz CT molecular complexity index is 601. The first-order valence-corrected chi connectivity index (χ1v) is 9.31. The van der Waals surface area contributed by atoms with Crippen molar-refractivity contribution in [3.05, 3.63) is 22.4 Å². The zero-order valence-electron chi connectivity index (χ0n) is 13.9. The van der Waals surface area contributed by atoms with Crippen LogP contribution < -0.4 is 0 Å². The van der Waals surface area contributed by atoms with Crippen molar-refractivity contribution in [2.75, 3.05) is 39.3 Å². The summed E-state index contributed by atoms with van der Waals surface area (Å²) >= 11 is 1.45. The van der Waals surface area contributed by atoms with E-state index in [1.54, 1.807) is 11.8 Å². The van der Waals surface area contributed by atoms with Crippen LogP contribution in [-0.2, 0) is 9.59 Å². The molecule has 0 N–H and O–H groups in total. The lowest BCUT2D eigenvalue weighted by atomic mass is 9.95. The normalized spacial score (nSPS) is 19.5. The van der Waals surface area contributed by atoms with E-state index in [0.717, 1.165) is 17.7 Å². The van der Waals surface area contributed by atoms with Crippen molar-refractivity contribution in [1.29, 1.82) is 0 Å². The summed E-state index contributed by atoms with van der Waals surface area (Å²) in [5.74, 6) is 0.343. The molecule has 0 spiro atoms. The number of hydrogen-bond donors (Lipinski definition) is 0. The molecule has 0 bridgehead atoms. The van der Waals surface area contributed by atoms with Gasteiger partial charge in [-0.25, -0.2) is 0 Å². The van der Waals surface area contributed by atoms with Crippen LogP contribution >= 0.6 is 11.3 Å². The van der Waals surface area contributed by atoms with Crippen molar-refractivity contribution >= 4 is 29.1 Å². The first-order chi connectivity index (χ1) is 11.6. The predicted octanol–water partition coefficient (Wildman–Crippen LogP) is 1.29. The molecule has 3 heterocycles. The zero-order valence-corrected chi connectivity index (χ0v) is 14.8. The molecule has 0 saturated carbocycles. The molecule has 2 aliphatic rings. The molecule has 2 saturated heterocycles. The van der Waals surface area contributed by atoms with Crippen molar-refractivity contribution in [3.8, 4) is 0 Å². The highest BCUT2D eigenvalue weighted by Crippen LogP contribution is 2.21. The molecule has 3 amide bonds. The molecule has 24 heavy (non-hydrogen) atoms. The molecule has 1 aromatic heterocycles. The van der Waals surface area contributed by atoms with Gasteiger partial charge in [-0.15, -0.1) is 11.3 Å². The average molecular weight is 349 g/mol. The molecular formula is C17H23N3O3S. The molecule has 6 nitrogen and oxygen atoms in total. The molecule has 0 aliphatic carbocycles. The van der Waals surface area contributed by atoms with E-state index >= 15 is 0 Å². The first kappa shape index (κ1) is 17.0. The van der Waals surface area contributed by atoms with Crippen molar-refractivity contribution in [2.24, 2.45) is 5.92 Å². The summed E-state index contributed by atoms with van der Waals surface area (Å²) in [4.78, 5) is 42.6. The fourth-order valence-electron chi connectivity index (χ4n) is 3.39. The van der Waals surface area contributed by atoms with Crippen LogP contribution in [0.25, 0.3) is 0 Å². The number of carbonyl (C=O) groups is 3. The van der Waals surface area contributed by atoms with E-state index in [9.17, 15) is 14.4 Å². The van der Waals surface area contributed by atoms with E-state index in [0.29, 0.717) is 39.3 Å². The quantitative estimate of drug-likeness (QED) is 0.808. The predicted molar refractivity (Wildman–Crippen MR) is 91.8 cm³/mol. The summed E-state index contributed by atoms with van der Waals surface area (Å²) in [6.07, 6.45) is 1.49. The molecule has 130 valence electrons. The SMILES string of the molecule is CC(=O)N1CCC(C(=O)N2CCN(C(=O)c3cccs3)CC2)CC1. The number of piperazine rings is 1. The number of carbonyl (C=O) groups excluding carboxylic acids is 3. The second kappa shape index (κ2) is 7.34. The second-order valence-electron chi connectivity index (χ2n) is 6.38. The standard InChI is InChI=1S/C17H23N3O3S/c1-13(21)18-6-4-14(5-7-18)16(22)19-8-10-20(11-9-19)17(23)15-3-2-12-24-15/h2-3,12,14H,4-11H2,1H3. The Balaban J connectivity index is 1.49. The van der Waals surface area contributed by atoms with E-state index in [1.807, 2.05) is 27.3 Å². The van der Waals surface area contributed by atoms with Crippen LogP contribution in [-0.4, -0.2) is 71.7 Å². The van der Waals surface area contributed by atoms with Gasteiger partial charge < -0.3 is 14.7 Å². The number of piperidine rings is 1. The third-order valence-corrected chi connectivity index (χ3v) is 5.76. The van der Waals surface area contributed by atoms with E-state index in [-0.39, 0.29) is 23.6 Å². The topological polar surface area (TPSA) is 60.9 Å². The van der Waals surface area contributed by atoms with E-state index < -0.39 is 0 Å². The lowest BCUT2D eigenvalue weighted by Crippen LogP contribution is -2.53. The number of thiophene rings is 1. The van der Waals surface area contributed by atoms with Crippen LogP contribution in [0.15, 0.2) is 17.5 Å². The smallest absolute Gasteiger partial charge is 0.264 e. The summed E-state index contributed by atoms with van der Waals surface area (Å²) in [7, 11) is 0. The van der Waals surface area contributed by atoms with Gasteiger partial charge in [0.2, 0.25) is 11.8 Å². The summed E-state index contributed by atoms with van der Waals surface area (Å²) in [5.41, 5.74) is 0. The highest BCUT2D eigenvalue weighted by atomic mass is 32.1. The van der Waals surface area contributed by atoms with Gasteiger partial charge in [-0.1, -0.05) is 6.07 Å². The number of amides is 3. The lowest BCUT2D eigenvalue weighted by molar-refractivity contribution is -0.141. The minimum absolute atomic E-state index is 0.0140. The molecule has 1 aromatic rings. The van der Waals surface area contributed by atoms with Gasteiger partial charge in [-0.05, 0) is 24.3 Å². The summed E-state index contributed by atoms with van der Waals surface area (Å²) in [6, 6.07) is 3.72. The van der Waals surface area contributed by atoms with E-state index in [4.69, 9.17) is 0 Å². The third-order valence-electron chi connectivity index (χ3n) is 4.90. The Morgan fingerprint density at radius 3 is 2.12 bits per heavy atom. The maximum atomic E-state index is 12.7. The third kappa shape index (κ3) is 3.61. The molecule has 0 radical (unpaired) electrons. The number of likely N-dealkylation sites (tertiary alicyclic amines) is 1. The monoisotopic (exact) mass is 349 g/mol. The van der Waals surface area contributed by atoms with Gasteiger partial charge in [0.05, 0.1) is 4.88 Å². The number of nitrogens with zero attached hydrogens (tertiary/aromatic N) is 3. The molecule has 2 fully saturated rings. The Labute approximate surface area is 146 Å². The van der Waals surface area contributed by atoms with Gasteiger partial charge in [0.25, 0.3) is 5.91 Å². The summed E-state index contributed by atoms with van der Waals surface area (Å²) in [6.45, 7) is 5.30. The van der Waals surface area contributed by atoms with Crippen LogP contribution in [0, 0.1) is 5.92 Å². The van der Waals surface area contributed by atoms with Gasteiger partial charge >= 0.3 is 0 Å². The van der Waals surface area contributed by atoms with E-state index in [1.165, 1.54) is 11.3 Å². The molecule has 3 rings (SSSR count). The molecule has 7 heteroatoms. The molecule has 0 unspecified atom stereocenters. The summed E-state index contributed by atoms with van der Waals surface area (Å²) < 4.78 is 0. The van der Waals surface area contributed by atoms with Crippen LogP contribution in [0.1, 0.15) is 29.4 Å². The van der Waals surface area contributed by atoms with Gasteiger partial charge in [0, 0.05) is 52.1 Å². The molecule has 0 aromatic carbocycles. The van der Waals surface area contributed by atoms with Crippen molar-refractivity contribution in [1.82, 2.24) is 14.7 Å². The Morgan fingerprint density at radius 1 is 0.958 bits per heavy atom. The van der Waals surface area contributed by atoms with Gasteiger partial charge in [0.15, 0.2) is 0 Å². The van der Waals surface area contributed by atoms with Crippen molar-refractivity contribution in [3.63, 3.8) is 0 Å². The van der Waals surface area contributed by atoms with Crippen molar-refractivity contribution < 1.29 is 14.4 Å². The molecule has 0 atom stereocenters. The van der Waals surface area contributed by atoms with Gasteiger partial charge in [0.1, 0.15) is 0 Å². The van der Waals surface area contributed by atoms with Crippen molar-refractivity contribution in [2.45, 2.75) is 19.8 Å². The highest BCUT2D eigenvalue weighted by Gasteiger charge is 2.32. The van der Waals surface area contributed by atoms with Crippen LogP contribution in [0.3, 0.4) is 0 Å². The average Bonchev–Trinajstić information content (AvgIpc) is 3.15. The first-order valence-electron chi connectivity index (χ1n) is 8.43. The second-order valence-corrected chi connectivity index (χ2v) is 7.32. The molecule has 2 aliphatic heterocycles. The largest absolute Gasteiger partial charge is 0.343 e. The minimum Gasteiger partial charge on any atom is -0.343 e. The number of rotatable bonds is 2. The van der Waals surface area contributed by atoms with Crippen LogP contribution in [0.5, 0.6) is 0 Å². The van der Waals surface area contributed by atoms with E-state index in [2.05, 4.69) is 0 Å². The minimum atomic E-state index is 0.0140. The fourth-order valence-corrected chi connectivity index (χ4v) is 4.08. The van der Waals surface area contributed by atoms with Gasteiger partial charge in [-0.2, -0.15) is 0 Å². The van der Waals surface area contributed by atoms with Crippen LogP contribution in [0.2, 0.25) is 0 Å². The Hall–Kier alpha value is -1.89.